The maximum absolute atomic E-state index is 6.61. The van der Waals surface area contributed by atoms with Crippen LogP contribution in [0.4, 0.5) is 0 Å². The summed E-state index contributed by atoms with van der Waals surface area (Å²) in [6.07, 6.45) is 3.71. The van der Waals surface area contributed by atoms with Gasteiger partial charge in [0, 0.05) is 27.5 Å². The van der Waals surface area contributed by atoms with Gasteiger partial charge < -0.3 is 5.32 Å². The Morgan fingerprint density at radius 3 is 2.76 bits per heavy atom. The van der Waals surface area contributed by atoms with Crippen molar-refractivity contribution in [2.75, 3.05) is 19.6 Å². The zero-order valence-corrected chi connectivity index (χ0v) is 14.1. The van der Waals surface area contributed by atoms with Gasteiger partial charge in [-0.1, -0.05) is 36.7 Å². The van der Waals surface area contributed by atoms with Crippen molar-refractivity contribution in [1.82, 2.24) is 10.2 Å². The number of nitrogens with zero attached hydrogens (tertiary/aromatic N) is 1. The van der Waals surface area contributed by atoms with Gasteiger partial charge in [-0.15, -0.1) is 11.3 Å². The summed E-state index contributed by atoms with van der Waals surface area (Å²) in [5, 5.41) is 5.63. The third kappa shape index (κ3) is 3.42. The molecule has 0 saturated carbocycles. The molecule has 2 heterocycles. The average molecular weight is 323 g/mol. The molecular formula is C17H23ClN2S. The van der Waals surface area contributed by atoms with Crippen molar-refractivity contribution >= 4 is 33.0 Å². The number of hydrogen-bond acceptors (Lipinski definition) is 3. The lowest BCUT2D eigenvalue weighted by Gasteiger charge is -2.34. The molecule has 0 bridgehead atoms. The van der Waals surface area contributed by atoms with Crippen LogP contribution in [-0.2, 0) is 6.54 Å². The van der Waals surface area contributed by atoms with E-state index in [1.807, 2.05) is 11.3 Å². The van der Waals surface area contributed by atoms with E-state index in [0.717, 1.165) is 31.2 Å². The van der Waals surface area contributed by atoms with Crippen molar-refractivity contribution in [3.05, 3.63) is 34.2 Å². The highest BCUT2D eigenvalue weighted by atomic mass is 35.5. The Hall–Kier alpha value is -0.610. The summed E-state index contributed by atoms with van der Waals surface area (Å²) < 4.78 is 1.30. The SMILES string of the molecule is CCCN(Cc1sc2ccccc2c1Cl)C1CCNCC1. The Bertz CT molecular complexity index is 589. The first kappa shape index (κ1) is 15.3. The van der Waals surface area contributed by atoms with Crippen LogP contribution in [0.3, 0.4) is 0 Å². The first-order chi connectivity index (χ1) is 10.3. The molecule has 1 saturated heterocycles. The van der Waals surface area contributed by atoms with Crippen molar-refractivity contribution in [1.29, 1.82) is 0 Å². The van der Waals surface area contributed by atoms with Gasteiger partial charge in [-0.25, -0.2) is 0 Å². The number of hydrogen-bond donors (Lipinski definition) is 1. The van der Waals surface area contributed by atoms with Crippen molar-refractivity contribution in [3.63, 3.8) is 0 Å². The van der Waals surface area contributed by atoms with Crippen LogP contribution in [0.15, 0.2) is 24.3 Å². The lowest BCUT2D eigenvalue weighted by atomic mass is 10.0. The highest BCUT2D eigenvalue weighted by Crippen LogP contribution is 2.36. The maximum Gasteiger partial charge on any atom is 0.0637 e. The number of benzene rings is 1. The van der Waals surface area contributed by atoms with Gasteiger partial charge in [0.2, 0.25) is 0 Å². The van der Waals surface area contributed by atoms with Crippen LogP contribution < -0.4 is 5.32 Å². The molecule has 1 aliphatic heterocycles. The van der Waals surface area contributed by atoms with Gasteiger partial charge in [-0.2, -0.15) is 0 Å². The van der Waals surface area contributed by atoms with Crippen LogP contribution in [0.25, 0.3) is 10.1 Å². The Morgan fingerprint density at radius 2 is 2.05 bits per heavy atom. The van der Waals surface area contributed by atoms with Gasteiger partial charge in [0.05, 0.1) is 5.02 Å². The molecule has 1 fully saturated rings. The summed E-state index contributed by atoms with van der Waals surface area (Å²) in [5.41, 5.74) is 0. The average Bonchev–Trinajstić information content (AvgIpc) is 2.84. The maximum atomic E-state index is 6.61. The molecule has 2 aromatic rings. The van der Waals surface area contributed by atoms with E-state index < -0.39 is 0 Å². The number of nitrogens with one attached hydrogen (secondary N) is 1. The highest BCUT2D eigenvalue weighted by Gasteiger charge is 2.22. The Kier molecular flexibility index (Phi) is 5.17. The molecule has 0 aliphatic carbocycles. The van der Waals surface area contributed by atoms with Gasteiger partial charge in [0.15, 0.2) is 0 Å². The second-order valence-corrected chi connectivity index (χ2v) is 7.30. The first-order valence-corrected chi connectivity index (χ1v) is 9.09. The van der Waals surface area contributed by atoms with E-state index >= 15 is 0 Å². The minimum atomic E-state index is 0.701. The third-order valence-electron chi connectivity index (χ3n) is 4.28. The summed E-state index contributed by atoms with van der Waals surface area (Å²) in [4.78, 5) is 3.96. The normalized spacial score (nSPS) is 16.9. The lowest BCUT2D eigenvalue weighted by molar-refractivity contribution is 0.155. The molecule has 114 valence electrons. The van der Waals surface area contributed by atoms with Gasteiger partial charge >= 0.3 is 0 Å². The van der Waals surface area contributed by atoms with Gasteiger partial charge in [0.1, 0.15) is 0 Å². The molecule has 21 heavy (non-hydrogen) atoms. The molecule has 0 spiro atoms. The molecule has 4 heteroatoms. The predicted molar refractivity (Wildman–Crippen MR) is 93.4 cm³/mol. The molecule has 0 amide bonds. The van der Waals surface area contributed by atoms with E-state index in [4.69, 9.17) is 11.6 Å². The van der Waals surface area contributed by atoms with E-state index in [-0.39, 0.29) is 0 Å². The fraction of sp³-hybridized carbons (Fsp3) is 0.529. The van der Waals surface area contributed by atoms with Crippen LogP contribution in [-0.4, -0.2) is 30.6 Å². The number of thiophene rings is 1. The summed E-state index contributed by atoms with van der Waals surface area (Å²) in [6.45, 7) is 6.71. The van der Waals surface area contributed by atoms with Crippen molar-refractivity contribution in [2.45, 2.75) is 38.8 Å². The lowest BCUT2D eigenvalue weighted by Crippen LogP contribution is -2.43. The van der Waals surface area contributed by atoms with E-state index in [1.54, 1.807) is 0 Å². The first-order valence-electron chi connectivity index (χ1n) is 7.90. The van der Waals surface area contributed by atoms with Gasteiger partial charge in [-0.05, 0) is 45.0 Å². The molecule has 0 unspecified atom stereocenters. The molecule has 1 aliphatic rings. The van der Waals surface area contributed by atoms with Crippen LogP contribution in [0, 0.1) is 0 Å². The predicted octanol–water partition coefficient (Wildman–Crippen LogP) is 4.52. The molecule has 2 nitrogen and oxygen atoms in total. The number of piperidine rings is 1. The quantitative estimate of drug-likeness (QED) is 0.870. The van der Waals surface area contributed by atoms with Crippen LogP contribution in [0.5, 0.6) is 0 Å². The monoisotopic (exact) mass is 322 g/mol. The van der Waals surface area contributed by atoms with Crippen LogP contribution in [0.1, 0.15) is 31.1 Å². The minimum absolute atomic E-state index is 0.701. The topological polar surface area (TPSA) is 15.3 Å². The Balaban J connectivity index is 1.81. The van der Waals surface area contributed by atoms with Crippen molar-refractivity contribution in [2.24, 2.45) is 0 Å². The molecule has 3 rings (SSSR count). The second-order valence-electron chi connectivity index (χ2n) is 5.79. The van der Waals surface area contributed by atoms with Crippen molar-refractivity contribution in [3.8, 4) is 0 Å². The molecule has 1 N–H and O–H groups in total. The number of halogens is 1. The highest BCUT2D eigenvalue weighted by molar-refractivity contribution is 7.19. The number of fused-ring (bicyclic) bond motifs is 1. The van der Waals surface area contributed by atoms with Crippen molar-refractivity contribution < 1.29 is 0 Å². The summed E-state index contributed by atoms with van der Waals surface area (Å²) in [7, 11) is 0. The Labute approximate surface area is 136 Å². The van der Waals surface area contributed by atoms with E-state index in [2.05, 4.69) is 41.4 Å². The zero-order chi connectivity index (χ0) is 14.7. The molecular weight excluding hydrogens is 300 g/mol. The molecule has 1 aromatic carbocycles. The minimum Gasteiger partial charge on any atom is -0.317 e. The van der Waals surface area contributed by atoms with Crippen LogP contribution in [0.2, 0.25) is 5.02 Å². The van der Waals surface area contributed by atoms with Gasteiger partial charge in [0.25, 0.3) is 0 Å². The zero-order valence-electron chi connectivity index (χ0n) is 12.6. The summed E-state index contributed by atoms with van der Waals surface area (Å²) in [6, 6.07) is 9.17. The smallest absolute Gasteiger partial charge is 0.0637 e. The molecule has 0 radical (unpaired) electrons. The molecule has 1 aromatic heterocycles. The Morgan fingerprint density at radius 1 is 1.29 bits per heavy atom. The van der Waals surface area contributed by atoms with Crippen LogP contribution >= 0.6 is 22.9 Å². The fourth-order valence-electron chi connectivity index (χ4n) is 3.20. The number of rotatable bonds is 5. The molecule has 0 atom stereocenters. The largest absolute Gasteiger partial charge is 0.317 e. The van der Waals surface area contributed by atoms with E-state index in [9.17, 15) is 0 Å². The van der Waals surface area contributed by atoms with E-state index in [0.29, 0.717) is 6.04 Å². The summed E-state index contributed by atoms with van der Waals surface area (Å²) >= 11 is 8.46. The third-order valence-corrected chi connectivity index (χ3v) is 5.98. The van der Waals surface area contributed by atoms with E-state index in [1.165, 1.54) is 34.2 Å². The van der Waals surface area contributed by atoms with Gasteiger partial charge in [-0.3, -0.25) is 4.90 Å². The summed E-state index contributed by atoms with van der Waals surface area (Å²) in [5.74, 6) is 0. The fourth-order valence-corrected chi connectivity index (χ4v) is 4.72. The standard InChI is InChI=1S/C17H23ClN2S/c1-2-11-20(13-7-9-19-10-8-13)12-16-17(18)14-5-3-4-6-15(14)21-16/h3-6,13,19H,2,7-12H2,1H3. The second kappa shape index (κ2) is 7.10.